The summed E-state index contributed by atoms with van der Waals surface area (Å²) in [5.41, 5.74) is 1.62. The van der Waals surface area contributed by atoms with Crippen molar-refractivity contribution in [3.05, 3.63) is 92.7 Å². The van der Waals surface area contributed by atoms with Crippen LogP contribution < -0.4 is 19.7 Å². The summed E-state index contributed by atoms with van der Waals surface area (Å²) >= 11 is 12.6. The lowest BCUT2D eigenvalue weighted by molar-refractivity contribution is -0.122. The summed E-state index contributed by atoms with van der Waals surface area (Å²) in [6, 6.07) is 12.7. The molecular formula is C26H19Cl2FN2O5. The number of rotatable bonds is 6. The summed E-state index contributed by atoms with van der Waals surface area (Å²) in [6.45, 7) is 1.81. The Morgan fingerprint density at radius 2 is 1.81 bits per heavy atom. The molecule has 10 heteroatoms. The zero-order valence-electron chi connectivity index (χ0n) is 19.1. The molecule has 0 atom stereocenters. The van der Waals surface area contributed by atoms with Gasteiger partial charge >= 0.3 is 6.03 Å². The van der Waals surface area contributed by atoms with Gasteiger partial charge < -0.3 is 9.47 Å². The van der Waals surface area contributed by atoms with Gasteiger partial charge in [-0.2, -0.15) is 0 Å². The maximum absolute atomic E-state index is 13.5. The van der Waals surface area contributed by atoms with E-state index in [-0.39, 0.29) is 34.4 Å². The average molecular weight is 529 g/mol. The first-order chi connectivity index (χ1) is 17.2. The number of hydrogen-bond acceptors (Lipinski definition) is 5. The molecule has 1 aliphatic heterocycles. The van der Waals surface area contributed by atoms with Crippen LogP contribution in [0.25, 0.3) is 6.08 Å². The summed E-state index contributed by atoms with van der Waals surface area (Å²) < 4.78 is 24.6. The molecule has 3 aromatic carbocycles. The van der Waals surface area contributed by atoms with E-state index in [9.17, 15) is 18.8 Å². The summed E-state index contributed by atoms with van der Waals surface area (Å²) in [7, 11) is 1.40. The molecule has 1 N–H and O–H groups in total. The predicted molar refractivity (Wildman–Crippen MR) is 134 cm³/mol. The molecule has 1 aliphatic rings. The van der Waals surface area contributed by atoms with Gasteiger partial charge in [0, 0.05) is 5.02 Å². The molecule has 1 heterocycles. The van der Waals surface area contributed by atoms with Crippen molar-refractivity contribution in [2.75, 3.05) is 12.0 Å². The van der Waals surface area contributed by atoms with E-state index in [1.54, 1.807) is 31.2 Å². The minimum Gasteiger partial charge on any atom is -0.493 e. The Morgan fingerprint density at radius 3 is 2.50 bits per heavy atom. The monoisotopic (exact) mass is 528 g/mol. The second-order valence-corrected chi connectivity index (χ2v) is 8.66. The van der Waals surface area contributed by atoms with E-state index in [4.69, 9.17) is 32.7 Å². The number of barbiturate groups is 1. The Bertz CT molecular complexity index is 1420. The first-order valence-electron chi connectivity index (χ1n) is 10.6. The van der Waals surface area contributed by atoms with Crippen LogP contribution >= 0.6 is 23.2 Å². The summed E-state index contributed by atoms with van der Waals surface area (Å²) in [5, 5.41) is 2.66. The van der Waals surface area contributed by atoms with E-state index < -0.39 is 23.7 Å². The molecule has 4 rings (SSSR count). The number of carbonyl (C=O) groups is 3. The van der Waals surface area contributed by atoms with Gasteiger partial charge in [-0.3, -0.25) is 14.9 Å². The van der Waals surface area contributed by atoms with Crippen LogP contribution in [0, 0.1) is 12.7 Å². The Kier molecular flexibility index (Phi) is 7.28. The smallest absolute Gasteiger partial charge is 0.335 e. The maximum atomic E-state index is 13.5. The SMILES string of the molecule is COc1cc(/C=C2/C(=O)NC(=O)N(c3ccc(C)c(Cl)c3)C2=O)cc(Cl)c1OCc1cccc(F)c1. The van der Waals surface area contributed by atoms with Crippen molar-refractivity contribution in [1.29, 1.82) is 0 Å². The summed E-state index contributed by atoms with van der Waals surface area (Å²) in [5.74, 6) is -1.65. The Balaban J connectivity index is 1.65. The van der Waals surface area contributed by atoms with Gasteiger partial charge in [-0.15, -0.1) is 0 Å². The van der Waals surface area contributed by atoms with Crippen molar-refractivity contribution >= 4 is 52.8 Å². The highest BCUT2D eigenvalue weighted by atomic mass is 35.5. The van der Waals surface area contributed by atoms with E-state index >= 15 is 0 Å². The number of hydrogen-bond donors (Lipinski definition) is 1. The fraction of sp³-hybridized carbons (Fsp3) is 0.115. The maximum Gasteiger partial charge on any atom is 0.335 e. The number of nitrogens with one attached hydrogen (secondary N) is 1. The van der Waals surface area contributed by atoms with Crippen molar-refractivity contribution in [3.63, 3.8) is 0 Å². The first-order valence-corrected chi connectivity index (χ1v) is 11.4. The summed E-state index contributed by atoms with van der Waals surface area (Å²) in [4.78, 5) is 38.9. The standard InChI is InChI=1S/C26H19Cl2FN2O5/c1-14-6-7-18(12-20(14)27)31-25(33)19(24(32)30-26(31)34)9-16-10-21(28)23(22(11-16)35-2)36-13-15-4-3-5-17(29)8-15/h3-12H,13H2,1-2H3,(H,30,32,34)/b19-9-. The molecule has 184 valence electrons. The molecule has 7 nitrogen and oxygen atoms in total. The molecule has 0 bridgehead atoms. The van der Waals surface area contributed by atoms with Crippen LogP contribution in [-0.4, -0.2) is 25.0 Å². The number of halogens is 3. The molecule has 0 aliphatic carbocycles. The van der Waals surface area contributed by atoms with Gasteiger partial charge in [-0.05, 0) is 66.1 Å². The van der Waals surface area contributed by atoms with Gasteiger partial charge in [0.15, 0.2) is 11.5 Å². The largest absolute Gasteiger partial charge is 0.493 e. The number of amides is 4. The Morgan fingerprint density at radius 1 is 1.03 bits per heavy atom. The van der Waals surface area contributed by atoms with Crippen LogP contribution in [0.2, 0.25) is 10.0 Å². The minimum absolute atomic E-state index is 0.0331. The van der Waals surface area contributed by atoms with Gasteiger partial charge in [0.1, 0.15) is 18.0 Å². The number of nitrogens with zero attached hydrogens (tertiary/aromatic N) is 1. The highest BCUT2D eigenvalue weighted by Gasteiger charge is 2.37. The normalized spacial score (nSPS) is 14.8. The molecule has 0 unspecified atom stereocenters. The summed E-state index contributed by atoms with van der Waals surface area (Å²) in [6.07, 6.45) is 1.29. The fourth-order valence-electron chi connectivity index (χ4n) is 3.52. The molecule has 1 saturated heterocycles. The molecule has 0 radical (unpaired) electrons. The zero-order valence-corrected chi connectivity index (χ0v) is 20.6. The Labute approximate surface area is 216 Å². The quantitative estimate of drug-likeness (QED) is 0.328. The molecule has 3 aromatic rings. The number of aryl methyl sites for hydroxylation is 1. The van der Waals surface area contributed by atoms with Crippen molar-refractivity contribution in [3.8, 4) is 11.5 Å². The number of methoxy groups -OCH3 is 1. The van der Waals surface area contributed by atoms with Crippen LogP contribution in [-0.2, 0) is 16.2 Å². The zero-order chi connectivity index (χ0) is 26.0. The topological polar surface area (TPSA) is 84.9 Å². The van der Waals surface area contributed by atoms with Gasteiger partial charge in [0.25, 0.3) is 11.8 Å². The van der Waals surface area contributed by atoms with E-state index in [0.717, 1.165) is 10.5 Å². The number of benzene rings is 3. The lowest BCUT2D eigenvalue weighted by Gasteiger charge is -2.26. The second-order valence-electron chi connectivity index (χ2n) is 7.84. The van der Waals surface area contributed by atoms with Gasteiger partial charge in [0.05, 0.1) is 17.8 Å². The number of carbonyl (C=O) groups excluding carboxylic acids is 3. The average Bonchev–Trinajstić information content (AvgIpc) is 2.83. The van der Waals surface area contributed by atoms with Crippen LogP contribution in [0.5, 0.6) is 11.5 Å². The first kappa shape index (κ1) is 25.2. The highest BCUT2D eigenvalue weighted by Crippen LogP contribution is 2.38. The third-order valence-corrected chi connectivity index (χ3v) is 6.04. The molecular weight excluding hydrogens is 510 g/mol. The molecule has 1 fully saturated rings. The molecule has 0 aromatic heterocycles. The van der Waals surface area contributed by atoms with E-state index in [0.29, 0.717) is 16.1 Å². The van der Waals surface area contributed by atoms with Crippen LogP contribution in [0.1, 0.15) is 16.7 Å². The van der Waals surface area contributed by atoms with Crippen molar-refractivity contribution in [1.82, 2.24) is 5.32 Å². The lowest BCUT2D eigenvalue weighted by atomic mass is 10.1. The lowest BCUT2D eigenvalue weighted by Crippen LogP contribution is -2.54. The van der Waals surface area contributed by atoms with Crippen molar-refractivity contribution < 1.29 is 28.2 Å². The Hall–Kier alpha value is -3.88. The highest BCUT2D eigenvalue weighted by molar-refractivity contribution is 6.39. The molecule has 4 amide bonds. The van der Waals surface area contributed by atoms with E-state index in [1.165, 1.54) is 43.5 Å². The third kappa shape index (κ3) is 5.19. The third-order valence-electron chi connectivity index (χ3n) is 5.35. The molecule has 0 saturated carbocycles. The van der Waals surface area contributed by atoms with Gasteiger partial charge in [-0.25, -0.2) is 14.1 Å². The fourth-order valence-corrected chi connectivity index (χ4v) is 3.97. The van der Waals surface area contributed by atoms with E-state index in [2.05, 4.69) is 5.32 Å². The van der Waals surface area contributed by atoms with Crippen molar-refractivity contribution in [2.24, 2.45) is 0 Å². The van der Waals surface area contributed by atoms with Gasteiger partial charge in [-0.1, -0.05) is 41.4 Å². The van der Waals surface area contributed by atoms with Gasteiger partial charge in [0.2, 0.25) is 0 Å². The molecule has 36 heavy (non-hydrogen) atoms. The minimum atomic E-state index is -0.890. The van der Waals surface area contributed by atoms with E-state index in [1.807, 2.05) is 0 Å². The molecule has 0 spiro atoms. The van der Waals surface area contributed by atoms with Crippen LogP contribution in [0.3, 0.4) is 0 Å². The number of imide groups is 2. The van der Waals surface area contributed by atoms with Crippen molar-refractivity contribution in [2.45, 2.75) is 13.5 Å². The second kappa shape index (κ2) is 10.4. The number of ether oxygens (including phenoxy) is 2. The number of urea groups is 1. The van der Waals surface area contributed by atoms with Crippen LogP contribution in [0.15, 0.2) is 60.2 Å². The number of anilines is 1. The van der Waals surface area contributed by atoms with Crippen LogP contribution in [0.4, 0.5) is 14.9 Å². The predicted octanol–water partition coefficient (Wildman–Crippen LogP) is 5.69.